The van der Waals surface area contributed by atoms with E-state index in [1.54, 1.807) is 0 Å². The second-order valence-electron chi connectivity index (χ2n) is 5.22. The summed E-state index contributed by atoms with van der Waals surface area (Å²) in [7, 11) is 0. The first-order chi connectivity index (χ1) is 8.72. The van der Waals surface area contributed by atoms with Crippen LogP contribution in [0.5, 0.6) is 5.75 Å². The number of ketones is 1. The Hall–Kier alpha value is -1.35. The van der Waals surface area contributed by atoms with Crippen molar-refractivity contribution in [3.63, 3.8) is 0 Å². The number of benzene rings is 1. The molecule has 18 heavy (non-hydrogen) atoms. The molecule has 0 amide bonds. The molecule has 3 nitrogen and oxygen atoms in total. The Morgan fingerprint density at radius 1 is 1.44 bits per heavy atom. The maximum absolute atomic E-state index is 12.2. The lowest BCUT2D eigenvalue weighted by Crippen LogP contribution is -2.12. The molecular weight excluding hydrogens is 228 g/mol. The molecule has 0 aliphatic carbocycles. The van der Waals surface area contributed by atoms with Gasteiger partial charge in [-0.25, -0.2) is 0 Å². The predicted molar refractivity (Wildman–Crippen MR) is 68.2 cm³/mol. The highest BCUT2D eigenvalue weighted by Crippen LogP contribution is 2.30. The Morgan fingerprint density at radius 2 is 2.33 bits per heavy atom. The molecule has 2 heterocycles. The molecule has 1 aromatic carbocycles. The summed E-state index contributed by atoms with van der Waals surface area (Å²) in [4.78, 5) is 12.2. The Labute approximate surface area is 107 Å². The Bertz CT molecular complexity index is 461. The number of fused-ring (bicyclic) bond motifs is 1. The van der Waals surface area contributed by atoms with Crippen LogP contribution in [-0.2, 0) is 11.2 Å². The molecule has 3 rings (SSSR count). The molecule has 0 bridgehead atoms. The van der Waals surface area contributed by atoms with Gasteiger partial charge >= 0.3 is 0 Å². The number of carbonyl (C=O) groups is 1. The van der Waals surface area contributed by atoms with Crippen molar-refractivity contribution >= 4 is 5.78 Å². The molecule has 2 unspecified atom stereocenters. The molecule has 2 aliphatic rings. The minimum Gasteiger partial charge on any atom is -0.490 e. The van der Waals surface area contributed by atoms with E-state index in [-0.39, 0.29) is 18.0 Å². The summed E-state index contributed by atoms with van der Waals surface area (Å²) < 4.78 is 11.1. The van der Waals surface area contributed by atoms with Crippen LogP contribution in [0.25, 0.3) is 0 Å². The van der Waals surface area contributed by atoms with Crippen molar-refractivity contribution in [2.75, 3.05) is 6.61 Å². The van der Waals surface area contributed by atoms with Gasteiger partial charge in [-0.2, -0.15) is 0 Å². The van der Waals surface area contributed by atoms with Crippen molar-refractivity contribution in [3.05, 3.63) is 29.3 Å². The summed E-state index contributed by atoms with van der Waals surface area (Å²) in [5.74, 6) is 1.11. The Balaban J connectivity index is 1.72. The van der Waals surface area contributed by atoms with Gasteiger partial charge in [-0.3, -0.25) is 4.79 Å². The van der Waals surface area contributed by atoms with Crippen LogP contribution >= 0.6 is 0 Å². The third-order valence-electron chi connectivity index (χ3n) is 3.66. The molecule has 96 valence electrons. The molecule has 2 atom stereocenters. The van der Waals surface area contributed by atoms with Crippen molar-refractivity contribution in [2.24, 2.45) is 0 Å². The highest BCUT2D eigenvalue weighted by molar-refractivity contribution is 5.96. The van der Waals surface area contributed by atoms with Crippen molar-refractivity contribution in [3.8, 4) is 5.75 Å². The van der Waals surface area contributed by atoms with Gasteiger partial charge in [0.25, 0.3) is 0 Å². The minimum atomic E-state index is 0.126. The minimum absolute atomic E-state index is 0.126. The normalized spacial score (nSPS) is 25.8. The lowest BCUT2D eigenvalue weighted by Gasteiger charge is -2.08. The van der Waals surface area contributed by atoms with Gasteiger partial charge in [-0.05, 0) is 43.5 Å². The van der Waals surface area contributed by atoms with Crippen LogP contribution in [0.1, 0.15) is 42.1 Å². The van der Waals surface area contributed by atoms with Gasteiger partial charge in [0.1, 0.15) is 11.9 Å². The zero-order valence-electron chi connectivity index (χ0n) is 10.6. The van der Waals surface area contributed by atoms with Crippen LogP contribution in [0.3, 0.4) is 0 Å². The average molecular weight is 246 g/mol. The molecular formula is C15H18O3. The van der Waals surface area contributed by atoms with E-state index >= 15 is 0 Å². The number of hydrogen-bond acceptors (Lipinski definition) is 3. The summed E-state index contributed by atoms with van der Waals surface area (Å²) in [6.07, 6.45) is 3.85. The SMILES string of the molecule is CC1Cc2cc(C(=O)CC3CCCO3)ccc2O1. The van der Waals surface area contributed by atoms with E-state index in [9.17, 15) is 4.79 Å². The third kappa shape index (κ3) is 2.27. The monoisotopic (exact) mass is 246 g/mol. The summed E-state index contributed by atoms with van der Waals surface area (Å²) in [6, 6.07) is 5.77. The van der Waals surface area contributed by atoms with Crippen LogP contribution in [0.4, 0.5) is 0 Å². The molecule has 0 N–H and O–H groups in total. The van der Waals surface area contributed by atoms with Crippen molar-refractivity contribution < 1.29 is 14.3 Å². The van der Waals surface area contributed by atoms with Gasteiger partial charge in [-0.1, -0.05) is 0 Å². The lowest BCUT2D eigenvalue weighted by atomic mass is 10.0. The second-order valence-corrected chi connectivity index (χ2v) is 5.22. The second kappa shape index (κ2) is 4.73. The van der Waals surface area contributed by atoms with Gasteiger partial charge in [0.2, 0.25) is 0 Å². The number of carbonyl (C=O) groups excluding carboxylic acids is 1. The van der Waals surface area contributed by atoms with Gasteiger partial charge < -0.3 is 9.47 Å². The maximum Gasteiger partial charge on any atom is 0.165 e. The summed E-state index contributed by atoms with van der Waals surface area (Å²) in [6.45, 7) is 2.85. The van der Waals surface area contributed by atoms with Gasteiger partial charge in [0.05, 0.1) is 6.10 Å². The molecule has 0 saturated carbocycles. The summed E-state index contributed by atoms with van der Waals surface area (Å²) in [5.41, 5.74) is 1.95. The fourth-order valence-electron chi connectivity index (χ4n) is 2.73. The maximum atomic E-state index is 12.2. The molecule has 0 radical (unpaired) electrons. The van der Waals surface area contributed by atoms with E-state index in [2.05, 4.69) is 0 Å². The molecule has 1 saturated heterocycles. The topological polar surface area (TPSA) is 35.5 Å². The molecule has 1 aromatic rings. The van der Waals surface area contributed by atoms with Crippen LogP contribution in [0, 0.1) is 0 Å². The zero-order chi connectivity index (χ0) is 12.5. The molecule has 0 aromatic heterocycles. The quantitative estimate of drug-likeness (QED) is 0.769. The fourth-order valence-corrected chi connectivity index (χ4v) is 2.73. The summed E-state index contributed by atoms with van der Waals surface area (Å²) in [5, 5.41) is 0. The summed E-state index contributed by atoms with van der Waals surface area (Å²) >= 11 is 0. The first-order valence-electron chi connectivity index (χ1n) is 6.67. The number of ether oxygens (including phenoxy) is 2. The van der Waals surface area contributed by atoms with E-state index in [1.165, 1.54) is 0 Å². The first kappa shape index (κ1) is 11.7. The largest absolute Gasteiger partial charge is 0.490 e. The molecule has 0 spiro atoms. The fraction of sp³-hybridized carbons (Fsp3) is 0.533. The van der Waals surface area contributed by atoms with E-state index in [4.69, 9.17) is 9.47 Å². The van der Waals surface area contributed by atoms with Crippen molar-refractivity contribution in [2.45, 2.75) is 44.8 Å². The van der Waals surface area contributed by atoms with Crippen LogP contribution in [0.2, 0.25) is 0 Å². The molecule has 3 heteroatoms. The highest BCUT2D eigenvalue weighted by Gasteiger charge is 2.23. The van der Waals surface area contributed by atoms with E-state index < -0.39 is 0 Å². The lowest BCUT2D eigenvalue weighted by molar-refractivity contribution is 0.0775. The molecule has 2 aliphatic heterocycles. The van der Waals surface area contributed by atoms with Gasteiger partial charge in [-0.15, -0.1) is 0 Å². The zero-order valence-corrected chi connectivity index (χ0v) is 10.6. The van der Waals surface area contributed by atoms with Crippen molar-refractivity contribution in [1.29, 1.82) is 0 Å². The highest BCUT2D eigenvalue weighted by atomic mass is 16.5. The van der Waals surface area contributed by atoms with Crippen LogP contribution < -0.4 is 4.74 Å². The number of Topliss-reactive ketones (excluding diaryl/α,β-unsaturated/α-hetero) is 1. The van der Waals surface area contributed by atoms with Crippen molar-refractivity contribution in [1.82, 2.24) is 0 Å². The predicted octanol–water partition coefficient (Wildman–Crippen LogP) is 2.76. The van der Waals surface area contributed by atoms with Crippen LogP contribution in [0.15, 0.2) is 18.2 Å². The van der Waals surface area contributed by atoms with E-state index in [0.29, 0.717) is 6.42 Å². The van der Waals surface area contributed by atoms with E-state index in [1.807, 2.05) is 25.1 Å². The molecule has 1 fully saturated rings. The van der Waals surface area contributed by atoms with E-state index in [0.717, 1.165) is 42.7 Å². The number of hydrogen-bond donors (Lipinski definition) is 0. The van der Waals surface area contributed by atoms with Gasteiger partial charge in [0, 0.05) is 25.0 Å². The first-order valence-corrected chi connectivity index (χ1v) is 6.67. The van der Waals surface area contributed by atoms with Gasteiger partial charge in [0.15, 0.2) is 5.78 Å². The standard InChI is InChI=1S/C15H18O3/c1-10-7-12-8-11(4-5-15(12)18-10)14(16)9-13-3-2-6-17-13/h4-5,8,10,13H,2-3,6-7,9H2,1H3. The average Bonchev–Trinajstić information content (AvgIpc) is 2.95. The number of rotatable bonds is 3. The Morgan fingerprint density at radius 3 is 3.11 bits per heavy atom. The smallest absolute Gasteiger partial charge is 0.165 e. The van der Waals surface area contributed by atoms with Crippen LogP contribution in [-0.4, -0.2) is 24.6 Å². The third-order valence-corrected chi connectivity index (χ3v) is 3.66. The Kier molecular flexibility index (Phi) is 3.08.